The maximum Gasteiger partial charge on any atom is 0.414 e. The van der Waals surface area contributed by atoms with Crippen molar-refractivity contribution in [1.29, 1.82) is 0 Å². The SMILES string of the molecule is COc1cc(Br)c(CNCCc2ccc3c(c2)OCO3)cc1OC.O=C(O)C(=O)O. The minimum absolute atomic E-state index is 0.310. The number of carbonyl (C=O) groups is 2. The number of carboxylic acid groups (broad SMARTS) is 2. The molecular weight excluding hydrogens is 462 g/mol. The molecule has 9 nitrogen and oxygen atoms in total. The lowest BCUT2D eigenvalue weighted by Gasteiger charge is -2.12. The zero-order valence-corrected chi connectivity index (χ0v) is 18.0. The van der Waals surface area contributed by atoms with Gasteiger partial charge in [0.15, 0.2) is 23.0 Å². The largest absolute Gasteiger partial charge is 0.493 e. The number of carboxylic acids is 2. The van der Waals surface area contributed by atoms with Crippen LogP contribution in [0.5, 0.6) is 23.0 Å². The van der Waals surface area contributed by atoms with Crippen LogP contribution in [0.1, 0.15) is 11.1 Å². The standard InChI is InChI=1S/C18H20BrNO4.C2H2O4/c1-21-16-8-13(14(19)9-17(16)22-2)10-20-6-5-12-3-4-15-18(7-12)24-11-23-15;3-1(4)2(5)6/h3-4,7-9,20H,5-6,10-11H2,1-2H3;(H,3,4)(H,5,6). The predicted molar refractivity (Wildman–Crippen MR) is 110 cm³/mol. The Morgan fingerprint density at radius 3 is 2.30 bits per heavy atom. The van der Waals surface area contributed by atoms with Gasteiger partial charge in [0.2, 0.25) is 6.79 Å². The van der Waals surface area contributed by atoms with Crippen LogP contribution in [0.25, 0.3) is 0 Å². The maximum atomic E-state index is 9.10. The normalized spacial score (nSPS) is 11.3. The lowest BCUT2D eigenvalue weighted by atomic mass is 10.1. The monoisotopic (exact) mass is 483 g/mol. The van der Waals surface area contributed by atoms with Gasteiger partial charge < -0.3 is 34.5 Å². The summed E-state index contributed by atoms with van der Waals surface area (Å²) in [4.78, 5) is 18.2. The molecule has 3 rings (SSSR count). The number of rotatable bonds is 7. The summed E-state index contributed by atoms with van der Waals surface area (Å²) < 4.78 is 22.4. The fourth-order valence-electron chi connectivity index (χ4n) is 2.58. The smallest absolute Gasteiger partial charge is 0.414 e. The molecule has 30 heavy (non-hydrogen) atoms. The molecule has 0 saturated carbocycles. The van der Waals surface area contributed by atoms with E-state index in [0.717, 1.165) is 46.8 Å². The lowest BCUT2D eigenvalue weighted by Crippen LogP contribution is -2.17. The van der Waals surface area contributed by atoms with E-state index in [2.05, 4.69) is 27.3 Å². The Kier molecular flexibility index (Phi) is 8.75. The highest BCUT2D eigenvalue weighted by Gasteiger charge is 2.13. The first-order valence-corrected chi connectivity index (χ1v) is 9.60. The molecule has 1 aliphatic heterocycles. The predicted octanol–water partition coefficient (Wildman–Crippen LogP) is 2.68. The zero-order valence-electron chi connectivity index (χ0n) is 16.4. The van der Waals surface area contributed by atoms with Gasteiger partial charge in [0.25, 0.3) is 0 Å². The van der Waals surface area contributed by atoms with Crippen LogP contribution in [-0.2, 0) is 22.6 Å². The molecule has 2 aromatic rings. The second-order valence-corrected chi connectivity index (χ2v) is 6.88. The highest BCUT2D eigenvalue weighted by atomic mass is 79.9. The van der Waals surface area contributed by atoms with Crippen LogP contribution in [0.3, 0.4) is 0 Å². The number of hydrogen-bond acceptors (Lipinski definition) is 7. The molecule has 0 bridgehead atoms. The average Bonchev–Trinajstić information content (AvgIpc) is 3.20. The fraction of sp³-hybridized carbons (Fsp3) is 0.300. The third-order valence-electron chi connectivity index (χ3n) is 4.08. The van der Waals surface area contributed by atoms with Gasteiger partial charge >= 0.3 is 11.9 Å². The van der Waals surface area contributed by atoms with Crippen molar-refractivity contribution < 1.29 is 38.7 Å². The van der Waals surface area contributed by atoms with Crippen LogP contribution < -0.4 is 24.3 Å². The first-order chi connectivity index (χ1) is 14.3. The molecule has 0 atom stereocenters. The van der Waals surface area contributed by atoms with Crippen LogP contribution >= 0.6 is 15.9 Å². The van der Waals surface area contributed by atoms with Gasteiger partial charge in [0, 0.05) is 11.0 Å². The van der Waals surface area contributed by atoms with Crippen molar-refractivity contribution in [3.05, 3.63) is 45.9 Å². The third-order valence-corrected chi connectivity index (χ3v) is 4.82. The Balaban J connectivity index is 0.000000469. The van der Waals surface area contributed by atoms with E-state index in [1.54, 1.807) is 14.2 Å². The third kappa shape index (κ3) is 6.53. The topological polar surface area (TPSA) is 124 Å². The van der Waals surface area contributed by atoms with Crippen molar-refractivity contribution in [1.82, 2.24) is 5.32 Å². The van der Waals surface area contributed by atoms with Gasteiger partial charge in [-0.2, -0.15) is 0 Å². The molecule has 0 aliphatic carbocycles. The number of halogens is 1. The number of fused-ring (bicyclic) bond motifs is 1. The molecular formula is C20H22BrNO8. The number of nitrogens with one attached hydrogen (secondary N) is 1. The highest BCUT2D eigenvalue weighted by Crippen LogP contribution is 2.34. The van der Waals surface area contributed by atoms with Gasteiger partial charge in [0.1, 0.15) is 0 Å². The Morgan fingerprint density at radius 2 is 1.67 bits per heavy atom. The van der Waals surface area contributed by atoms with Crippen LogP contribution in [0.4, 0.5) is 0 Å². The fourth-order valence-corrected chi connectivity index (χ4v) is 3.05. The van der Waals surface area contributed by atoms with Crippen LogP contribution in [0.2, 0.25) is 0 Å². The van der Waals surface area contributed by atoms with Crippen LogP contribution in [0.15, 0.2) is 34.8 Å². The first-order valence-electron chi connectivity index (χ1n) is 8.81. The van der Waals surface area contributed by atoms with E-state index in [0.29, 0.717) is 12.5 Å². The molecule has 0 aromatic heterocycles. The van der Waals surface area contributed by atoms with Crippen molar-refractivity contribution in [2.45, 2.75) is 13.0 Å². The second-order valence-electron chi connectivity index (χ2n) is 6.02. The summed E-state index contributed by atoms with van der Waals surface area (Å²) in [5.74, 6) is -0.553. The first kappa shape index (κ1) is 23.3. The summed E-state index contributed by atoms with van der Waals surface area (Å²) in [6, 6.07) is 9.98. The van der Waals surface area contributed by atoms with Gasteiger partial charge in [0.05, 0.1) is 14.2 Å². The minimum Gasteiger partial charge on any atom is -0.493 e. The van der Waals surface area contributed by atoms with Gasteiger partial charge in [-0.05, 0) is 48.4 Å². The van der Waals surface area contributed by atoms with Gasteiger partial charge in [-0.25, -0.2) is 9.59 Å². The summed E-state index contributed by atoms with van der Waals surface area (Å²) >= 11 is 3.58. The molecule has 3 N–H and O–H groups in total. The Labute approximate surface area is 181 Å². The van der Waals surface area contributed by atoms with E-state index < -0.39 is 11.9 Å². The summed E-state index contributed by atoms with van der Waals surface area (Å²) in [6.45, 7) is 1.91. The Bertz CT molecular complexity index is 891. The summed E-state index contributed by atoms with van der Waals surface area (Å²) in [5.41, 5.74) is 2.34. The van der Waals surface area contributed by atoms with Crippen molar-refractivity contribution in [3.63, 3.8) is 0 Å². The van der Waals surface area contributed by atoms with Crippen LogP contribution in [0, 0.1) is 0 Å². The molecule has 0 spiro atoms. The van der Waals surface area contributed by atoms with Crippen LogP contribution in [-0.4, -0.2) is 49.7 Å². The number of hydrogen-bond donors (Lipinski definition) is 3. The molecule has 1 heterocycles. The number of methoxy groups -OCH3 is 2. The van der Waals surface area contributed by atoms with Gasteiger partial charge in [-0.15, -0.1) is 0 Å². The molecule has 0 radical (unpaired) electrons. The van der Waals surface area contributed by atoms with Gasteiger partial charge in [-0.3, -0.25) is 0 Å². The van der Waals surface area contributed by atoms with E-state index in [4.69, 9.17) is 38.7 Å². The van der Waals surface area contributed by atoms with E-state index in [1.165, 1.54) is 5.56 Å². The second kappa shape index (κ2) is 11.3. The molecule has 0 saturated heterocycles. The number of ether oxygens (including phenoxy) is 4. The minimum atomic E-state index is -1.82. The molecule has 0 amide bonds. The van der Waals surface area contributed by atoms with E-state index in [9.17, 15) is 0 Å². The van der Waals surface area contributed by atoms with Gasteiger partial charge in [-0.1, -0.05) is 22.0 Å². The zero-order chi connectivity index (χ0) is 22.1. The molecule has 1 aliphatic rings. The molecule has 0 fully saturated rings. The molecule has 162 valence electrons. The number of aliphatic carboxylic acids is 2. The highest BCUT2D eigenvalue weighted by molar-refractivity contribution is 9.10. The molecule has 2 aromatic carbocycles. The van der Waals surface area contributed by atoms with Crippen molar-refractivity contribution in [3.8, 4) is 23.0 Å². The molecule has 0 unspecified atom stereocenters. The molecule has 10 heteroatoms. The Morgan fingerprint density at radius 1 is 1.03 bits per heavy atom. The van der Waals surface area contributed by atoms with Crippen molar-refractivity contribution >= 4 is 27.9 Å². The number of benzene rings is 2. The summed E-state index contributed by atoms with van der Waals surface area (Å²) in [5, 5.41) is 18.2. The van der Waals surface area contributed by atoms with E-state index in [-0.39, 0.29) is 0 Å². The lowest BCUT2D eigenvalue weighted by molar-refractivity contribution is -0.159. The van der Waals surface area contributed by atoms with Crippen molar-refractivity contribution in [2.75, 3.05) is 27.6 Å². The summed E-state index contributed by atoms with van der Waals surface area (Å²) in [6.07, 6.45) is 0.918. The summed E-state index contributed by atoms with van der Waals surface area (Å²) in [7, 11) is 3.27. The van der Waals surface area contributed by atoms with E-state index >= 15 is 0 Å². The average molecular weight is 484 g/mol. The maximum absolute atomic E-state index is 9.10. The van der Waals surface area contributed by atoms with E-state index in [1.807, 2.05) is 24.3 Å². The Hall–Kier alpha value is -2.98. The quantitative estimate of drug-likeness (QED) is 0.402. The van der Waals surface area contributed by atoms with Crippen molar-refractivity contribution in [2.24, 2.45) is 0 Å².